The first-order valence-corrected chi connectivity index (χ1v) is 6.57. The van der Waals surface area contributed by atoms with Gasteiger partial charge >= 0.3 is 0 Å². The van der Waals surface area contributed by atoms with Crippen LogP contribution in [0.1, 0.15) is 17.4 Å². The molecule has 0 aliphatic rings. The van der Waals surface area contributed by atoms with E-state index in [0.29, 0.717) is 0 Å². The van der Waals surface area contributed by atoms with Crippen LogP contribution in [0.4, 0.5) is 0 Å². The van der Waals surface area contributed by atoms with E-state index in [1.807, 2.05) is 37.4 Å². The normalized spacial score (nSPS) is 12.4. The molecule has 2 aromatic rings. The van der Waals surface area contributed by atoms with Crippen molar-refractivity contribution in [2.75, 3.05) is 14.2 Å². The second-order valence-corrected chi connectivity index (χ2v) is 4.82. The van der Waals surface area contributed by atoms with E-state index < -0.39 is 0 Å². The maximum atomic E-state index is 5.59. The molecule has 0 aliphatic carbocycles. The van der Waals surface area contributed by atoms with Gasteiger partial charge in [0, 0.05) is 0 Å². The predicted octanol–water partition coefficient (Wildman–Crippen LogP) is 3.55. The fraction of sp³-hybridized carbons (Fsp3) is 0.286. The quantitative estimate of drug-likeness (QED) is 0.917. The number of hydrogen-bond acceptors (Lipinski definition) is 3. The van der Waals surface area contributed by atoms with Crippen molar-refractivity contribution in [2.24, 2.45) is 0 Å². The van der Waals surface area contributed by atoms with Crippen molar-refractivity contribution in [1.29, 1.82) is 0 Å². The average Bonchev–Trinajstić information content (AvgIpc) is 2.82. The molecule has 3 nitrogen and oxygen atoms in total. The Morgan fingerprint density at radius 2 is 2.17 bits per heavy atom. The molecule has 0 fully saturated rings. The molecule has 1 N–H and O–H groups in total. The number of halogens is 1. The van der Waals surface area contributed by atoms with Crippen LogP contribution in [0.3, 0.4) is 0 Å². The first-order chi connectivity index (χ1) is 8.72. The predicted molar refractivity (Wildman–Crippen MR) is 74.9 cm³/mol. The van der Waals surface area contributed by atoms with Crippen LogP contribution >= 0.6 is 15.9 Å². The van der Waals surface area contributed by atoms with Gasteiger partial charge in [0.2, 0.25) is 0 Å². The van der Waals surface area contributed by atoms with Crippen LogP contribution in [-0.2, 0) is 6.42 Å². The highest BCUT2D eigenvalue weighted by Gasteiger charge is 2.14. The smallest absolute Gasteiger partial charge is 0.169 e. The molecule has 2 rings (SSSR count). The number of benzene rings is 1. The lowest BCUT2D eigenvalue weighted by atomic mass is 10.0. The second kappa shape index (κ2) is 6.07. The minimum atomic E-state index is 0.156. The summed E-state index contributed by atoms with van der Waals surface area (Å²) >= 11 is 3.32. The molecule has 18 heavy (non-hydrogen) atoms. The molecule has 1 aromatic heterocycles. The van der Waals surface area contributed by atoms with Gasteiger partial charge in [0.1, 0.15) is 11.5 Å². The zero-order valence-electron chi connectivity index (χ0n) is 10.4. The summed E-state index contributed by atoms with van der Waals surface area (Å²) in [5, 5.41) is 3.26. The van der Waals surface area contributed by atoms with Crippen molar-refractivity contribution in [3.63, 3.8) is 0 Å². The van der Waals surface area contributed by atoms with Crippen LogP contribution in [0.25, 0.3) is 0 Å². The summed E-state index contributed by atoms with van der Waals surface area (Å²) in [7, 11) is 3.61. The minimum absolute atomic E-state index is 0.156. The molecule has 1 unspecified atom stereocenters. The van der Waals surface area contributed by atoms with Gasteiger partial charge in [-0.3, -0.25) is 0 Å². The van der Waals surface area contributed by atoms with E-state index >= 15 is 0 Å². The van der Waals surface area contributed by atoms with E-state index in [4.69, 9.17) is 9.15 Å². The maximum Gasteiger partial charge on any atom is 0.169 e. The number of likely N-dealkylation sites (N-methyl/N-ethyl adjacent to an activating group) is 1. The topological polar surface area (TPSA) is 34.4 Å². The molecule has 0 spiro atoms. The van der Waals surface area contributed by atoms with E-state index in [2.05, 4.69) is 27.3 Å². The molecule has 0 saturated carbocycles. The van der Waals surface area contributed by atoms with Gasteiger partial charge in [-0.2, -0.15) is 0 Å². The summed E-state index contributed by atoms with van der Waals surface area (Å²) in [6, 6.07) is 12.1. The molecule has 0 bridgehead atoms. The molecular formula is C14H16BrNO2. The Hall–Kier alpha value is -1.26. The van der Waals surface area contributed by atoms with Gasteiger partial charge in [-0.15, -0.1) is 0 Å². The number of rotatable bonds is 5. The Morgan fingerprint density at radius 3 is 2.78 bits per heavy atom. The summed E-state index contributed by atoms with van der Waals surface area (Å²) in [4.78, 5) is 0. The third kappa shape index (κ3) is 3.15. The average molecular weight is 310 g/mol. The van der Waals surface area contributed by atoms with Crippen molar-refractivity contribution in [2.45, 2.75) is 12.5 Å². The molecule has 0 radical (unpaired) electrons. The highest BCUT2D eigenvalue weighted by Crippen LogP contribution is 2.24. The first kappa shape index (κ1) is 13.2. The Labute approximate surface area is 115 Å². The minimum Gasteiger partial charge on any atom is -0.497 e. The fourth-order valence-electron chi connectivity index (χ4n) is 1.90. The second-order valence-electron chi connectivity index (χ2n) is 4.04. The van der Waals surface area contributed by atoms with Gasteiger partial charge in [-0.05, 0) is 59.2 Å². The maximum absolute atomic E-state index is 5.59. The summed E-state index contributed by atoms with van der Waals surface area (Å²) in [5.74, 6) is 1.80. The van der Waals surface area contributed by atoms with Gasteiger partial charge in [0.15, 0.2) is 4.67 Å². The molecule has 0 amide bonds. The Balaban J connectivity index is 2.14. The van der Waals surface area contributed by atoms with E-state index in [0.717, 1.165) is 22.6 Å². The molecule has 1 atom stereocenters. The standard InChI is InChI=1S/C14H16BrNO2/c1-16-12(13-6-7-14(15)18-13)9-10-4-3-5-11(8-10)17-2/h3-8,12,16H,9H2,1-2H3. The summed E-state index contributed by atoms with van der Waals surface area (Å²) in [6.45, 7) is 0. The number of hydrogen-bond donors (Lipinski definition) is 1. The van der Waals surface area contributed by atoms with Crippen LogP contribution in [0, 0.1) is 0 Å². The SMILES string of the molecule is CNC(Cc1cccc(OC)c1)c1ccc(Br)o1. The lowest BCUT2D eigenvalue weighted by Crippen LogP contribution is -2.18. The molecular weight excluding hydrogens is 294 g/mol. The molecule has 0 saturated heterocycles. The van der Waals surface area contributed by atoms with E-state index in [1.54, 1.807) is 7.11 Å². The largest absolute Gasteiger partial charge is 0.497 e. The van der Waals surface area contributed by atoms with Crippen LogP contribution in [0.5, 0.6) is 5.75 Å². The Kier molecular flexibility index (Phi) is 4.44. The number of furan rings is 1. The van der Waals surface area contributed by atoms with E-state index in [1.165, 1.54) is 5.56 Å². The number of nitrogens with one attached hydrogen (secondary N) is 1. The summed E-state index contributed by atoms with van der Waals surface area (Å²) in [5.41, 5.74) is 1.21. The van der Waals surface area contributed by atoms with Crippen molar-refractivity contribution in [3.8, 4) is 5.75 Å². The molecule has 0 aliphatic heterocycles. The Bertz CT molecular complexity index is 510. The third-order valence-electron chi connectivity index (χ3n) is 2.86. The highest BCUT2D eigenvalue weighted by atomic mass is 79.9. The molecule has 1 heterocycles. The monoisotopic (exact) mass is 309 g/mol. The van der Waals surface area contributed by atoms with Crippen molar-refractivity contribution < 1.29 is 9.15 Å². The lowest BCUT2D eigenvalue weighted by molar-refractivity contribution is 0.408. The van der Waals surface area contributed by atoms with Crippen LogP contribution < -0.4 is 10.1 Å². The third-order valence-corrected chi connectivity index (χ3v) is 3.29. The Morgan fingerprint density at radius 1 is 1.33 bits per heavy atom. The van der Waals surface area contributed by atoms with Crippen LogP contribution in [-0.4, -0.2) is 14.2 Å². The zero-order valence-corrected chi connectivity index (χ0v) is 12.0. The summed E-state index contributed by atoms with van der Waals surface area (Å²) in [6.07, 6.45) is 0.855. The molecule has 4 heteroatoms. The van der Waals surface area contributed by atoms with E-state index in [9.17, 15) is 0 Å². The number of methoxy groups -OCH3 is 1. The van der Waals surface area contributed by atoms with Gasteiger partial charge < -0.3 is 14.5 Å². The highest BCUT2D eigenvalue weighted by molar-refractivity contribution is 9.10. The zero-order chi connectivity index (χ0) is 13.0. The van der Waals surface area contributed by atoms with Crippen molar-refractivity contribution in [1.82, 2.24) is 5.32 Å². The van der Waals surface area contributed by atoms with Gasteiger partial charge in [-0.25, -0.2) is 0 Å². The molecule has 96 valence electrons. The molecule has 1 aromatic carbocycles. The first-order valence-electron chi connectivity index (χ1n) is 5.78. The van der Waals surface area contributed by atoms with Crippen LogP contribution in [0.15, 0.2) is 45.5 Å². The fourth-order valence-corrected chi connectivity index (χ4v) is 2.21. The van der Waals surface area contributed by atoms with Crippen molar-refractivity contribution >= 4 is 15.9 Å². The van der Waals surface area contributed by atoms with Gasteiger partial charge in [0.25, 0.3) is 0 Å². The van der Waals surface area contributed by atoms with Gasteiger partial charge in [0.05, 0.1) is 13.2 Å². The van der Waals surface area contributed by atoms with Crippen molar-refractivity contribution in [3.05, 3.63) is 52.4 Å². The van der Waals surface area contributed by atoms with Gasteiger partial charge in [-0.1, -0.05) is 12.1 Å². The summed E-state index contributed by atoms with van der Waals surface area (Å²) < 4.78 is 11.6. The van der Waals surface area contributed by atoms with E-state index in [-0.39, 0.29) is 6.04 Å². The number of ether oxygens (including phenoxy) is 1. The lowest BCUT2D eigenvalue weighted by Gasteiger charge is -2.14. The van der Waals surface area contributed by atoms with Crippen LogP contribution in [0.2, 0.25) is 0 Å².